The molecule has 0 saturated carbocycles. The molecule has 37 heavy (non-hydrogen) atoms. The number of hydrogen-bond donors (Lipinski definition) is 2. The number of rotatable bonds is 8. The molecule has 0 atom stereocenters. The van der Waals surface area contributed by atoms with Crippen LogP contribution in [0.25, 0.3) is 11.1 Å². The number of aromatic amines is 1. The number of halogens is 1. The number of unbranched alkanes of at least 4 members (excludes halogenated alkanes) is 1. The fourth-order valence-electron chi connectivity index (χ4n) is 4.33. The zero-order valence-corrected chi connectivity index (χ0v) is 21.6. The van der Waals surface area contributed by atoms with E-state index in [-0.39, 0.29) is 16.3 Å². The average molecular weight is 522 g/mol. The quantitative estimate of drug-likeness (QED) is 0.316. The fourth-order valence-corrected chi connectivity index (χ4v) is 5.71. The maximum absolute atomic E-state index is 14.6. The molecule has 4 aromatic rings. The lowest BCUT2D eigenvalue weighted by atomic mass is 10.0. The summed E-state index contributed by atoms with van der Waals surface area (Å²) in [5.41, 5.74) is 2.18. The Hall–Kier alpha value is -3.98. The summed E-state index contributed by atoms with van der Waals surface area (Å²) in [6, 6.07) is 13.8. The minimum Gasteiger partial charge on any atom is -0.504 e. The van der Waals surface area contributed by atoms with Crippen LogP contribution in [0, 0.1) is 12.7 Å². The number of para-hydroxylation sites is 1. The van der Waals surface area contributed by atoms with Crippen molar-refractivity contribution >= 4 is 21.2 Å². The predicted molar refractivity (Wildman–Crippen MR) is 142 cm³/mol. The lowest BCUT2D eigenvalue weighted by Gasteiger charge is -2.25. The molecular weight excluding hydrogens is 493 g/mol. The van der Waals surface area contributed by atoms with Gasteiger partial charge in [0.2, 0.25) is 9.84 Å². The molecule has 0 amide bonds. The number of nitrogens with one attached hydrogen (secondary N) is 1. The van der Waals surface area contributed by atoms with Gasteiger partial charge in [-0.15, -0.1) is 0 Å². The van der Waals surface area contributed by atoms with E-state index >= 15 is 0 Å². The number of H-pyrrole nitrogens is 1. The number of aromatic nitrogens is 2. The summed E-state index contributed by atoms with van der Waals surface area (Å²) in [7, 11) is -2.90. The van der Waals surface area contributed by atoms with Gasteiger partial charge in [-0.2, -0.15) is 0 Å². The highest BCUT2D eigenvalue weighted by Crippen LogP contribution is 2.40. The minimum absolute atomic E-state index is 0.0424. The molecule has 0 spiro atoms. The summed E-state index contributed by atoms with van der Waals surface area (Å²) in [6.45, 7) is 3.87. The standard InChI is InChI=1S/C28H28FN3O4S/c1-4-5-9-23-25(32(3)24-10-7-6-8-22(24)29)26(33)27(28(34)31-23)37(35,36)20-13-11-19(12-14-20)21-15-16-30-17-18(21)2/h6-8,10-17H,4-5,9H2,1-3H3,(H2,31,33,34). The van der Waals surface area contributed by atoms with Gasteiger partial charge >= 0.3 is 0 Å². The third kappa shape index (κ3) is 4.99. The molecule has 2 aromatic heterocycles. The van der Waals surface area contributed by atoms with Crippen LogP contribution in [-0.4, -0.2) is 30.5 Å². The SMILES string of the molecule is CCCCc1[nH]c(=O)c(S(=O)(=O)c2ccc(-c3ccncc3C)cc2)c(O)c1N(C)c1ccccc1F. The van der Waals surface area contributed by atoms with E-state index in [0.29, 0.717) is 18.5 Å². The Balaban J connectivity index is 1.86. The second-order valence-electron chi connectivity index (χ2n) is 8.79. The molecule has 0 fully saturated rings. The van der Waals surface area contributed by atoms with Crippen molar-refractivity contribution in [1.82, 2.24) is 9.97 Å². The Kier molecular flexibility index (Phi) is 7.45. The molecule has 0 unspecified atom stereocenters. The highest BCUT2D eigenvalue weighted by atomic mass is 32.2. The largest absolute Gasteiger partial charge is 0.504 e. The van der Waals surface area contributed by atoms with Gasteiger partial charge in [0.1, 0.15) is 11.5 Å². The van der Waals surface area contributed by atoms with E-state index in [1.54, 1.807) is 30.6 Å². The van der Waals surface area contributed by atoms with E-state index in [1.165, 1.54) is 42.3 Å². The van der Waals surface area contributed by atoms with Crippen molar-refractivity contribution in [3.63, 3.8) is 0 Å². The highest BCUT2D eigenvalue weighted by molar-refractivity contribution is 7.91. The number of pyridine rings is 2. The van der Waals surface area contributed by atoms with Crippen LogP contribution in [0.3, 0.4) is 0 Å². The van der Waals surface area contributed by atoms with Crippen molar-refractivity contribution in [2.45, 2.75) is 42.9 Å². The van der Waals surface area contributed by atoms with Gasteiger partial charge in [0.25, 0.3) is 5.56 Å². The summed E-state index contributed by atoms with van der Waals surface area (Å²) in [4.78, 5) is 20.2. The topological polar surface area (TPSA) is 103 Å². The molecule has 2 aromatic carbocycles. The van der Waals surface area contributed by atoms with Gasteiger partial charge in [-0.1, -0.05) is 37.6 Å². The Morgan fingerprint density at radius 2 is 1.78 bits per heavy atom. The molecule has 2 heterocycles. The van der Waals surface area contributed by atoms with Crippen molar-refractivity contribution in [3.05, 3.63) is 94.4 Å². The molecule has 0 aliphatic rings. The van der Waals surface area contributed by atoms with Gasteiger partial charge < -0.3 is 15.0 Å². The molecule has 0 bridgehead atoms. The fraction of sp³-hybridized carbons (Fsp3) is 0.214. The summed E-state index contributed by atoms with van der Waals surface area (Å²) in [5, 5.41) is 11.3. The number of benzene rings is 2. The van der Waals surface area contributed by atoms with E-state index in [0.717, 1.165) is 23.1 Å². The summed E-state index contributed by atoms with van der Waals surface area (Å²) < 4.78 is 41.8. The number of aryl methyl sites for hydroxylation is 2. The Morgan fingerprint density at radius 3 is 2.43 bits per heavy atom. The average Bonchev–Trinajstić information content (AvgIpc) is 2.87. The van der Waals surface area contributed by atoms with Gasteiger partial charge in [-0.05, 0) is 66.8 Å². The first-order valence-electron chi connectivity index (χ1n) is 11.9. The van der Waals surface area contributed by atoms with Crippen molar-refractivity contribution in [2.24, 2.45) is 0 Å². The highest BCUT2D eigenvalue weighted by Gasteiger charge is 2.31. The van der Waals surface area contributed by atoms with Crippen LogP contribution in [0.5, 0.6) is 5.75 Å². The normalized spacial score (nSPS) is 11.5. The molecule has 4 rings (SSSR count). The number of aromatic hydroxyl groups is 1. The molecule has 9 heteroatoms. The second-order valence-corrected chi connectivity index (χ2v) is 10.7. The molecule has 7 nitrogen and oxygen atoms in total. The van der Waals surface area contributed by atoms with Crippen LogP contribution in [0.2, 0.25) is 0 Å². The van der Waals surface area contributed by atoms with E-state index in [2.05, 4.69) is 9.97 Å². The molecule has 0 aliphatic heterocycles. The Morgan fingerprint density at radius 1 is 1.08 bits per heavy atom. The second kappa shape index (κ2) is 10.6. The first-order chi connectivity index (χ1) is 17.7. The number of anilines is 2. The molecule has 192 valence electrons. The lowest BCUT2D eigenvalue weighted by Crippen LogP contribution is -2.24. The number of nitrogens with zero attached hydrogens (tertiary/aromatic N) is 2. The van der Waals surface area contributed by atoms with Crippen molar-refractivity contribution in [1.29, 1.82) is 0 Å². The van der Waals surface area contributed by atoms with E-state index in [4.69, 9.17) is 0 Å². The van der Waals surface area contributed by atoms with Gasteiger partial charge in [-0.25, -0.2) is 12.8 Å². The minimum atomic E-state index is -4.42. The van der Waals surface area contributed by atoms with Crippen LogP contribution in [0.15, 0.2) is 81.6 Å². The van der Waals surface area contributed by atoms with Crippen LogP contribution in [0.4, 0.5) is 15.8 Å². The molecular formula is C28H28FN3O4S. The van der Waals surface area contributed by atoms with E-state index in [1.807, 2.05) is 19.9 Å². The first kappa shape index (κ1) is 26.1. The number of sulfone groups is 1. The summed E-state index contributed by atoms with van der Waals surface area (Å²) >= 11 is 0. The first-order valence-corrected chi connectivity index (χ1v) is 13.4. The van der Waals surface area contributed by atoms with Crippen LogP contribution in [-0.2, 0) is 16.3 Å². The third-order valence-electron chi connectivity index (χ3n) is 6.29. The van der Waals surface area contributed by atoms with Crippen molar-refractivity contribution in [3.8, 4) is 16.9 Å². The van der Waals surface area contributed by atoms with Gasteiger partial charge in [-0.3, -0.25) is 9.78 Å². The summed E-state index contributed by atoms with van der Waals surface area (Å²) in [6.07, 6.45) is 5.21. The monoisotopic (exact) mass is 521 g/mol. The third-order valence-corrected chi connectivity index (χ3v) is 8.10. The zero-order valence-electron chi connectivity index (χ0n) is 20.8. The van der Waals surface area contributed by atoms with Gasteiger partial charge in [0.05, 0.1) is 10.6 Å². The Bertz CT molecular complexity index is 1600. The van der Waals surface area contributed by atoms with Crippen LogP contribution < -0.4 is 10.5 Å². The molecule has 2 N–H and O–H groups in total. The maximum Gasteiger partial charge on any atom is 0.271 e. The molecule has 0 aliphatic carbocycles. The smallest absolute Gasteiger partial charge is 0.271 e. The zero-order chi connectivity index (χ0) is 26.7. The molecule has 0 saturated heterocycles. The lowest BCUT2D eigenvalue weighted by molar-refractivity contribution is 0.455. The van der Waals surface area contributed by atoms with Crippen molar-refractivity contribution in [2.75, 3.05) is 11.9 Å². The van der Waals surface area contributed by atoms with Gasteiger partial charge in [0.15, 0.2) is 10.6 Å². The van der Waals surface area contributed by atoms with E-state index in [9.17, 15) is 22.7 Å². The number of hydrogen-bond acceptors (Lipinski definition) is 6. The Labute approximate surface area is 215 Å². The van der Waals surface area contributed by atoms with Gasteiger partial charge in [0, 0.05) is 25.1 Å². The molecule has 0 radical (unpaired) electrons. The summed E-state index contributed by atoms with van der Waals surface area (Å²) in [5.74, 6) is -1.27. The van der Waals surface area contributed by atoms with Crippen LogP contribution in [0.1, 0.15) is 31.0 Å². The van der Waals surface area contributed by atoms with Crippen LogP contribution >= 0.6 is 0 Å². The van der Waals surface area contributed by atoms with E-state index < -0.39 is 31.9 Å². The van der Waals surface area contributed by atoms with Crippen molar-refractivity contribution < 1.29 is 17.9 Å². The predicted octanol–water partition coefficient (Wildman–Crippen LogP) is 5.53. The maximum atomic E-state index is 14.6.